The molecule has 0 fully saturated rings. The summed E-state index contributed by atoms with van der Waals surface area (Å²) in [5.74, 6) is 2.59. The van der Waals surface area contributed by atoms with Crippen LogP contribution in [0.5, 0.6) is 0 Å². The Bertz CT molecular complexity index is 203. The van der Waals surface area contributed by atoms with Crippen molar-refractivity contribution in [1.82, 2.24) is 0 Å². The molecule has 2 nitrogen and oxygen atoms in total. The van der Waals surface area contributed by atoms with Crippen LogP contribution in [0.2, 0.25) is 12.1 Å². The van der Waals surface area contributed by atoms with Crippen molar-refractivity contribution < 1.29 is 8.85 Å². The second-order valence-electron chi connectivity index (χ2n) is 7.71. The standard InChI is InChI=1S/C17H40O2Si2/c1-12(2)16(13(3)4)18-20-10-9-11-21-19-17(14(5)6)15(7)8/h12-17H,9-11,20-21H2,1-8H3. The molecule has 0 unspecified atom stereocenters. The fraction of sp³-hybridized carbons (Fsp3) is 1.00. The predicted molar refractivity (Wildman–Crippen MR) is 100 cm³/mol. The van der Waals surface area contributed by atoms with E-state index in [-0.39, 0.29) is 19.5 Å². The predicted octanol–water partition coefficient (Wildman–Crippen LogP) is 3.78. The zero-order valence-corrected chi connectivity index (χ0v) is 18.6. The van der Waals surface area contributed by atoms with E-state index in [9.17, 15) is 0 Å². The smallest absolute Gasteiger partial charge is 0.162 e. The van der Waals surface area contributed by atoms with Gasteiger partial charge in [0, 0.05) is 12.2 Å². The lowest BCUT2D eigenvalue weighted by atomic mass is 9.97. The van der Waals surface area contributed by atoms with Gasteiger partial charge in [-0.05, 0) is 35.8 Å². The molecule has 0 spiro atoms. The van der Waals surface area contributed by atoms with Gasteiger partial charge in [0.25, 0.3) is 0 Å². The Kier molecular flexibility index (Phi) is 12.1. The Morgan fingerprint density at radius 1 is 0.571 bits per heavy atom. The zero-order chi connectivity index (χ0) is 16.4. The van der Waals surface area contributed by atoms with Crippen LogP contribution in [0, 0.1) is 23.7 Å². The molecule has 0 N–H and O–H groups in total. The number of hydrogen-bond acceptors (Lipinski definition) is 2. The van der Waals surface area contributed by atoms with Crippen molar-refractivity contribution in [1.29, 1.82) is 0 Å². The Hall–Kier alpha value is 0.354. The van der Waals surface area contributed by atoms with Gasteiger partial charge >= 0.3 is 0 Å². The first kappa shape index (κ1) is 21.4. The maximum Gasteiger partial charge on any atom is 0.162 e. The van der Waals surface area contributed by atoms with E-state index in [0.29, 0.717) is 35.9 Å². The lowest BCUT2D eigenvalue weighted by Gasteiger charge is -2.26. The lowest BCUT2D eigenvalue weighted by molar-refractivity contribution is 0.109. The van der Waals surface area contributed by atoms with Gasteiger partial charge in [0.05, 0.1) is 0 Å². The lowest BCUT2D eigenvalue weighted by Crippen LogP contribution is -2.28. The molecule has 0 aliphatic carbocycles. The second-order valence-corrected chi connectivity index (χ2v) is 10.6. The third kappa shape index (κ3) is 9.87. The Labute approximate surface area is 138 Å². The first-order valence-corrected chi connectivity index (χ1v) is 12.2. The SMILES string of the molecule is CC(C)C(O[SiH2]CCC[SiH2]OC(C(C)C)C(C)C)C(C)C. The van der Waals surface area contributed by atoms with E-state index >= 15 is 0 Å². The van der Waals surface area contributed by atoms with Gasteiger partial charge in [0.2, 0.25) is 0 Å². The monoisotopic (exact) mass is 332 g/mol. The van der Waals surface area contributed by atoms with Crippen LogP contribution in [-0.2, 0) is 8.85 Å². The molecule has 0 saturated carbocycles. The highest BCUT2D eigenvalue weighted by atomic mass is 28.2. The molecule has 0 bridgehead atoms. The van der Waals surface area contributed by atoms with E-state index in [0.717, 1.165) is 0 Å². The summed E-state index contributed by atoms with van der Waals surface area (Å²) in [6, 6.07) is 2.64. The Balaban J connectivity index is 3.68. The van der Waals surface area contributed by atoms with E-state index in [1.807, 2.05) is 0 Å². The van der Waals surface area contributed by atoms with E-state index < -0.39 is 0 Å². The van der Waals surface area contributed by atoms with Gasteiger partial charge in [-0.25, -0.2) is 0 Å². The molecular formula is C17H40O2Si2. The molecule has 0 saturated heterocycles. The largest absolute Gasteiger partial charge is 0.421 e. The Morgan fingerprint density at radius 3 is 1.10 bits per heavy atom. The van der Waals surface area contributed by atoms with Gasteiger partial charge in [-0.3, -0.25) is 0 Å². The van der Waals surface area contributed by atoms with Crippen molar-refractivity contribution in [2.24, 2.45) is 23.7 Å². The first-order valence-electron chi connectivity index (χ1n) is 9.00. The molecule has 0 aromatic heterocycles. The fourth-order valence-electron chi connectivity index (χ4n) is 3.13. The minimum absolute atomic E-state index is 0.334. The summed E-state index contributed by atoms with van der Waals surface area (Å²) in [4.78, 5) is 0. The average Bonchev–Trinajstić information content (AvgIpc) is 2.34. The molecule has 0 atom stereocenters. The van der Waals surface area contributed by atoms with Crippen molar-refractivity contribution in [3.8, 4) is 0 Å². The highest BCUT2D eigenvalue weighted by Crippen LogP contribution is 2.17. The molecule has 0 radical (unpaired) electrons. The third-order valence-electron chi connectivity index (χ3n) is 4.04. The van der Waals surface area contributed by atoms with Crippen LogP contribution >= 0.6 is 0 Å². The van der Waals surface area contributed by atoms with Crippen LogP contribution in [0.3, 0.4) is 0 Å². The van der Waals surface area contributed by atoms with Gasteiger partial charge in [-0.15, -0.1) is 0 Å². The van der Waals surface area contributed by atoms with Crippen LogP contribution in [-0.4, -0.2) is 31.7 Å². The Morgan fingerprint density at radius 2 is 0.857 bits per heavy atom. The van der Waals surface area contributed by atoms with Crippen molar-refractivity contribution in [2.45, 2.75) is 86.1 Å². The van der Waals surface area contributed by atoms with E-state index in [1.165, 1.54) is 18.5 Å². The average molecular weight is 333 g/mol. The normalized spacial score (nSPS) is 14.0. The fourth-order valence-corrected chi connectivity index (χ4v) is 7.37. The van der Waals surface area contributed by atoms with Gasteiger partial charge in [0.15, 0.2) is 19.5 Å². The quantitative estimate of drug-likeness (QED) is 0.400. The van der Waals surface area contributed by atoms with Crippen LogP contribution in [0.25, 0.3) is 0 Å². The van der Waals surface area contributed by atoms with Gasteiger partial charge in [-0.1, -0.05) is 61.8 Å². The molecule has 0 aliphatic rings. The molecule has 0 aliphatic heterocycles. The van der Waals surface area contributed by atoms with Gasteiger partial charge in [0.1, 0.15) is 0 Å². The molecule has 4 heteroatoms. The molecule has 0 heterocycles. The van der Waals surface area contributed by atoms with E-state index in [4.69, 9.17) is 8.85 Å². The topological polar surface area (TPSA) is 18.5 Å². The van der Waals surface area contributed by atoms with Crippen molar-refractivity contribution in [3.63, 3.8) is 0 Å². The minimum Gasteiger partial charge on any atom is -0.421 e. The molecule has 0 aromatic carbocycles. The summed E-state index contributed by atoms with van der Waals surface area (Å²) in [5, 5.41) is 0. The summed E-state index contributed by atoms with van der Waals surface area (Å²) < 4.78 is 12.4. The zero-order valence-electron chi connectivity index (χ0n) is 15.8. The summed E-state index contributed by atoms with van der Waals surface area (Å²) >= 11 is 0. The van der Waals surface area contributed by atoms with Gasteiger partial charge in [-0.2, -0.15) is 0 Å². The third-order valence-corrected chi connectivity index (χ3v) is 6.86. The van der Waals surface area contributed by atoms with Crippen LogP contribution in [0.15, 0.2) is 0 Å². The maximum absolute atomic E-state index is 6.18. The maximum atomic E-state index is 6.18. The highest BCUT2D eigenvalue weighted by Gasteiger charge is 2.18. The molecule has 0 aromatic rings. The highest BCUT2D eigenvalue weighted by molar-refractivity contribution is 6.29. The van der Waals surface area contributed by atoms with E-state index in [2.05, 4.69) is 55.4 Å². The summed E-state index contributed by atoms with van der Waals surface area (Å²) in [7, 11) is -0.667. The van der Waals surface area contributed by atoms with Crippen molar-refractivity contribution in [3.05, 3.63) is 0 Å². The molecular weight excluding hydrogens is 292 g/mol. The first-order chi connectivity index (χ1) is 9.77. The summed E-state index contributed by atoms with van der Waals surface area (Å²) in [5.41, 5.74) is 0. The molecule has 0 amide bonds. The number of rotatable bonds is 12. The van der Waals surface area contributed by atoms with Gasteiger partial charge < -0.3 is 8.85 Å². The van der Waals surface area contributed by atoms with Crippen molar-refractivity contribution in [2.75, 3.05) is 0 Å². The molecule has 0 rings (SSSR count). The van der Waals surface area contributed by atoms with Crippen LogP contribution in [0.1, 0.15) is 61.8 Å². The number of hydrogen-bond donors (Lipinski definition) is 0. The van der Waals surface area contributed by atoms with Crippen LogP contribution < -0.4 is 0 Å². The second kappa shape index (κ2) is 11.9. The van der Waals surface area contributed by atoms with Crippen molar-refractivity contribution >= 4 is 19.5 Å². The minimum atomic E-state index is -0.334. The van der Waals surface area contributed by atoms with Crippen LogP contribution in [0.4, 0.5) is 0 Å². The summed E-state index contributed by atoms with van der Waals surface area (Å²) in [6.45, 7) is 18.2. The molecule has 128 valence electrons. The summed E-state index contributed by atoms with van der Waals surface area (Å²) in [6.07, 6.45) is 2.26. The van der Waals surface area contributed by atoms with E-state index in [1.54, 1.807) is 0 Å². The molecule has 21 heavy (non-hydrogen) atoms.